The predicted molar refractivity (Wildman–Crippen MR) is 101 cm³/mol. The molecule has 0 saturated carbocycles. The predicted octanol–water partition coefficient (Wildman–Crippen LogP) is 3.03. The summed E-state index contributed by atoms with van der Waals surface area (Å²) in [4.78, 5) is 23.0. The Kier molecular flexibility index (Phi) is 4.82. The molecule has 3 heterocycles. The van der Waals surface area contributed by atoms with Crippen molar-refractivity contribution in [1.82, 2.24) is 9.88 Å². The number of fused-ring (bicyclic) bond motifs is 1. The second-order valence-corrected chi connectivity index (χ2v) is 8.10. The number of likely N-dealkylation sites (tertiary alicyclic amines) is 1. The third-order valence-corrected chi connectivity index (χ3v) is 5.99. The van der Waals surface area contributed by atoms with E-state index in [1.807, 2.05) is 43.4 Å². The number of hydrogen-bond acceptors (Lipinski definition) is 7. The standard InChI is InChI=1S/C19H23N3O3S/c1-21(2)19-20-9-15(26-19)11-22-7-3-4-14(10-22)18(23)13-5-6-16-17(8-13)25-12-24-16/h5-6,8-9,14H,3-4,7,10-12H2,1-2H3/t14-/m1/s1. The van der Waals surface area contributed by atoms with Gasteiger partial charge in [-0.1, -0.05) is 0 Å². The van der Waals surface area contributed by atoms with E-state index in [1.165, 1.54) is 4.88 Å². The van der Waals surface area contributed by atoms with Crippen LogP contribution in [0.5, 0.6) is 11.5 Å². The van der Waals surface area contributed by atoms with Gasteiger partial charge in [-0.05, 0) is 37.6 Å². The minimum atomic E-state index is 0.0327. The summed E-state index contributed by atoms with van der Waals surface area (Å²) in [6.07, 6.45) is 3.93. The SMILES string of the molecule is CN(C)c1ncc(CN2CCC[C@@H](C(=O)c3ccc4c(c3)OCO4)C2)s1. The molecule has 0 amide bonds. The Morgan fingerprint density at radius 2 is 2.19 bits per heavy atom. The molecule has 6 nitrogen and oxygen atoms in total. The zero-order valence-electron chi connectivity index (χ0n) is 15.1. The Morgan fingerprint density at radius 3 is 3.00 bits per heavy atom. The number of rotatable bonds is 5. The molecule has 4 rings (SSSR count). The van der Waals surface area contributed by atoms with E-state index in [4.69, 9.17) is 9.47 Å². The van der Waals surface area contributed by atoms with Crippen LogP contribution >= 0.6 is 11.3 Å². The van der Waals surface area contributed by atoms with Crippen LogP contribution in [-0.4, -0.2) is 49.6 Å². The van der Waals surface area contributed by atoms with Crippen molar-refractivity contribution in [2.75, 3.05) is 38.9 Å². The maximum absolute atomic E-state index is 13.0. The van der Waals surface area contributed by atoms with Crippen LogP contribution in [0.25, 0.3) is 0 Å². The van der Waals surface area contributed by atoms with Crippen molar-refractivity contribution < 1.29 is 14.3 Å². The van der Waals surface area contributed by atoms with Gasteiger partial charge in [0, 0.05) is 49.7 Å². The van der Waals surface area contributed by atoms with Gasteiger partial charge in [0.25, 0.3) is 0 Å². The molecule has 26 heavy (non-hydrogen) atoms. The second kappa shape index (κ2) is 7.25. The van der Waals surface area contributed by atoms with Crippen LogP contribution in [0.3, 0.4) is 0 Å². The number of ether oxygens (including phenoxy) is 2. The van der Waals surface area contributed by atoms with Gasteiger partial charge >= 0.3 is 0 Å². The molecule has 0 radical (unpaired) electrons. The van der Waals surface area contributed by atoms with Crippen molar-refractivity contribution in [3.63, 3.8) is 0 Å². The van der Waals surface area contributed by atoms with Crippen molar-refractivity contribution in [3.05, 3.63) is 34.8 Å². The number of Topliss-reactive ketones (excluding diaryl/α,β-unsaturated/α-hetero) is 1. The Labute approximate surface area is 157 Å². The average Bonchev–Trinajstić information content (AvgIpc) is 3.30. The molecule has 0 aliphatic carbocycles. The lowest BCUT2D eigenvalue weighted by Gasteiger charge is -2.31. The number of thiazole rings is 1. The first kappa shape index (κ1) is 17.3. The van der Waals surface area contributed by atoms with Gasteiger partial charge < -0.3 is 14.4 Å². The summed E-state index contributed by atoms with van der Waals surface area (Å²) in [6, 6.07) is 5.49. The number of ketones is 1. The van der Waals surface area contributed by atoms with E-state index in [-0.39, 0.29) is 18.5 Å². The summed E-state index contributed by atoms with van der Waals surface area (Å²) in [7, 11) is 4.01. The maximum Gasteiger partial charge on any atom is 0.231 e. The molecule has 2 aromatic rings. The quantitative estimate of drug-likeness (QED) is 0.751. The number of aromatic nitrogens is 1. The molecule has 0 N–H and O–H groups in total. The number of carbonyl (C=O) groups is 1. The summed E-state index contributed by atoms with van der Waals surface area (Å²) in [5, 5.41) is 1.02. The van der Waals surface area contributed by atoms with Gasteiger partial charge in [0.2, 0.25) is 6.79 Å². The van der Waals surface area contributed by atoms with E-state index < -0.39 is 0 Å². The number of carbonyl (C=O) groups excluding carboxylic acids is 1. The van der Waals surface area contributed by atoms with Crippen LogP contribution in [0.15, 0.2) is 24.4 Å². The van der Waals surface area contributed by atoms with Gasteiger partial charge in [-0.3, -0.25) is 9.69 Å². The van der Waals surface area contributed by atoms with Crippen LogP contribution in [0.4, 0.5) is 5.13 Å². The topological polar surface area (TPSA) is 54.9 Å². The molecule has 1 saturated heterocycles. The van der Waals surface area contributed by atoms with Gasteiger partial charge in [0.05, 0.1) is 0 Å². The molecule has 1 aromatic carbocycles. The molecular formula is C19H23N3O3S. The van der Waals surface area contributed by atoms with Crippen LogP contribution in [-0.2, 0) is 6.54 Å². The van der Waals surface area contributed by atoms with Crippen molar-refractivity contribution in [2.24, 2.45) is 5.92 Å². The van der Waals surface area contributed by atoms with Crippen LogP contribution in [0.2, 0.25) is 0 Å². The first-order chi connectivity index (χ1) is 12.6. The van der Waals surface area contributed by atoms with E-state index in [9.17, 15) is 4.79 Å². The highest BCUT2D eigenvalue weighted by molar-refractivity contribution is 7.15. The fourth-order valence-electron chi connectivity index (χ4n) is 3.50. The molecular weight excluding hydrogens is 350 g/mol. The van der Waals surface area contributed by atoms with E-state index in [0.717, 1.165) is 37.6 Å². The molecule has 1 fully saturated rings. The molecule has 0 spiro atoms. The largest absolute Gasteiger partial charge is 0.454 e. The van der Waals surface area contributed by atoms with Gasteiger partial charge in [-0.2, -0.15) is 0 Å². The third-order valence-electron chi connectivity index (χ3n) is 4.84. The normalized spacial score (nSPS) is 19.5. The molecule has 7 heteroatoms. The van der Waals surface area contributed by atoms with Crippen molar-refractivity contribution >= 4 is 22.3 Å². The number of hydrogen-bond donors (Lipinski definition) is 0. The summed E-state index contributed by atoms with van der Waals surface area (Å²) >= 11 is 1.71. The first-order valence-electron chi connectivity index (χ1n) is 8.88. The van der Waals surface area contributed by atoms with Crippen LogP contribution in [0.1, 0.15) is 28.1 Å². The lowest BCUT2D eigenvalue weighted by molar-refractivity contribution is 0.0812. The van der Waals surface area contributed by atoms with Gasteiger partial charge in [-0.25, -0.2) is 4.98 Å². The number of nitrogens with zero attached hydrogens (tertiary/aromatic N) is 3. The summed E-state index contributed by atoms with van der Waals surface area (Å²) in [6.45, 7) is 2.91. The highest BCUT2D eigenvalue weighted by Crippen LogP contribution is 2.34. The lowest BCUT2D eigenvalue weighted by atomic mass is 9.90. The molecule has 0 unspecified atom stereocenters. The minimum Gasteiger partial charge on any atom is -0.454 e. The first-order valence-corrected chi connectivity index (χ1v) is 9.70. The molecule has 1 aromatic heterocycles. The summed E-state index contributed by atoms with van der Waals surface area (Å²) in [5.74, 6) is 1.62. The highest BCUT2D eigenvalue weighted by atomic mass is 32.1. The fourth-order valence-corrected chi connectivity index (χ4v) is 4.37. The number of piperidine rings is 1. The van der Waals surface area contributed by atoms with E-state index in [0.29, 0.717) is 17.1 Å². The Hall–Kier alpha value is -2.12. The molecule has 0 bridgehead atoms. The van der Waals surface area contributed by atoms with Crippen molar-refractivity contribution in [1.29, 1.82) is 0 Å². The zero-order valence-corrected chi connectivity index (χ0v) is 15.9. The molecule has 1 atom stereocenters. The molecule has 2 aliphatic rings. The summed E-state index contributed by atoms with van der Waals surface area (Å²) in [5.41, 5.74) is 0.716. The molecule has 2 aliphatic heterocycles. The Balaban J connectivity index is 1.42. The average molecular weight is 373 g/mol. The lowest BCUT2D eigenvalue weighted by Crippen LogP contribution is -2.38. The van der Waals surface area contributed by atoms with Crippen LogP contribution in [0, 0.1) is 5.92 Å². The zero-order chi connectivity index (χ0) is 18.1. The molecule has 138 valence electrons. The maximum atomic E-state index is 13.0. The van der Waals surface area contributed by atoms with Gasteiger partial charge in [0.1, 0.15) is 0 Å². The van der Waals surface area contributed by atoms with Crippen molar-refractivity contribution in [3.8, 4) is 11.5 Å². The Bertz CT molecular complexity index is 805. The second-order valence-electron chi connectivity index (χ2n) is 7.01. The number of benzene rings is 1. The third kappa shape index (κ3) is 3.54. The Morgan fingerprint density at radius 1 is 1.35 bits per heavy atom. The van der Waals surface area contributed by atoms with Gasteiger partial charge in [-0.15, -0.1) is 11.3 Å². The highest BCUT2D eigenvalue weighted by Gasteiger charge is 2.28. The minimum absolute atomic E-state index is 0.0327. The van der Waals surface area contributed by atoms with E-state index in [2.05, 4.69) is 9.88 Å². The summed E-state index contributed by atoms with van der Waals surface area (Å²) < 4.78 is 10.7. The van der Waals surface area contributed by atoms with Gasteiger partial charge in [0.15, 0.2) is 22.4 Å². The smallest absolute Gasteiger partial charge is 0.231 e. The van der Waals surface area contributed by atoms with Crippen LogP contribution < -0.4 is 14.4 Å². The monoisotopic (exact) mass is 373 g/mol. The van der Waals surface area contributed by atoms with E-state index >= 15 is 0 Å². The fraction of sp³-hybridized carbons (Fsp3) is 0.474. The van der Waals surface area contributed by atoms with E-state index in [1.54, 1.807) is 11.3 Å². The number of anilines is 1. The van der Waals surface area contributed by atoms with Crippen molar-refractivity contribution in [2.45, 2.75) is 19.4 Å².